The molecular weight excluding hydrogens is 230 g/mol. The number of nitrogens with one attached hydrogen (secondary N) is 1. The van der Waals surface area contributed by atoms with E-state index in [1.54, 1.807) is 12.4 Å². The van der Waals surface area contributed by atoms with Crippen molar-refractivity contribution in [1.82, 2.24) is 9.97 Å². The van der Waals surface area contributed by atoms with Crippen LogP contribution in [0.25, 0.3) is 0 Å². The predicted molar refractivity (Wildman–Crippen MR) is 71.7 cm³/mol. The van der Waals surface area contributed by atoms with Crippen LogP contribution in [0.1, 0.15) is 34.1 Å². The van der Waals surface area contributed by atoms with E-state index in [1.165, 1.54) is 0 Å². The lowest BCUT2D eigenvalue weighted by molar-refractivity contribution is 0.161. The molecule has 2 N–H and O–H groups in total. The van der Waals surface area contributed by atoms with E-state index in [2.05, 4.69) is 29.1 Å². The summed E-state index contributed by atoms with van der Waals surface area (Å²) in [4.78, 5) is 8.30. The Kier molecular flexibility index (Phi) is 5.85. The second-order valence-corrected chi connectivity index (χ2v) is 5.04. The number of aromatic nitrogens is 2. The van der Waals surface area contributed by atoms with Gasteiger partial charge in [0.15, 0.2) is 5.82 Å². The molecule has 0 aliphatic heterocycles. The van der Waals surface area contributed by atoms with Gasteiger partial charge in [0.1, 0.15) is 0 Å². The Morgan fingerprint density at radius 2 is 1.89 bits per heavy atom. The molecule has 5 nitrogen and oxygen atoms in total. The number of anilines is 1. The average Bonchev–Trinajstić information content (AvgIpc) is 2.26. The molecule has 0 aliphatic carbocycles. The van der Waals surface area contributed by atoms with E-state index < -0.39 is 0 Å². The van der Waals surface area contributed by atoms with E-state index in [0.29, 0.717) is 24.2 Å². The Bertz CT molecular complexity index is 356. The predicted octanol–water partition coefficient (Wildman–Crippen LogP) is 2.08. The molecule has 1 aromatic rings. The van der Waals surface area contributed by atoms with Gasteiger partial charge in [0.2, 0.25) is 0 Å². The van der Waals surface area contributed by atoms with Crippen LogP contribution in [0.4, 0.5) is 5.82 Å². The van der Waals surface area contributed by atoms with Crippen molar-refractivity contribution < 1.29 is 9.84 Å². The molecule has 1 unspecified atom stereocenters. The van der Waals surface area contributed by atoms with Gasteiger partial charge >= 0.3 is 0 Å². The van der Waals surface area contributed by atoms with Gasteiger partial charge in [-0.3, -0.25) is 0 Å². The van der Waals surface area contributed by atoms with Gasteiger partial charge in [-0.2, -0.15) is 0 Å². The van der Waals surface area contributed by atoms with Gasteiger partial charge in [0.25, 0.3) is 5.88 Å². The maximum Gasteiger partial charge on any atom is 0.257 e. The van der Waals surface area contributed by atoms with E-state index in [-0.39, 0.29) is 12.2 Å². The van der Waals surface area contributed by atoms with Crippen molar-refractivity contribution in [2.75, 3.05) is 11.9 Å². The molecule has 1 rings (SSSR count). The smallest absolute Gasteiger partial charge is 0.257 e. The molecule has 5 heteroatoms. The number of aliphatic hydroxyl groups excluding tert-OH is 1. The summed E-state index contributed by atoms with van der Waals surface area (Å²) >= 11 is 0. The van der Waals surface area contributed by atoms with Crippen molar-refractivity contribution in [2.24, 2.45) is 5.92 Å². The van der Waals surface area contributed by atoms with Gasteiger partial charge in [-0.25, -0.2) is 9.97 Å². The summed E-state index contributed by atoms with van der Waals surface area (Å²) in [5.74, 6) is 1.52. The number of nitrogens with zero attached hydrogens (tertiary/aromatic N) is 2. The summed E-state index contributed by atoms with van der Waals surface area (Å²) in [6.45, 7) is 8.49. The Hall–Kier alpha value is -1.36. The minimum absolute atomic E-state index is 0.0443. The molecule has 0 radical (unpaired) electrons. The molecule has 0 saturated carbocycles. The largest absolute Gasteiger partial charge is 0.472 e. The third-order valence-electron chi connectivity index (χ3n) is 2.26. The number of hydrogen-bond acceptors (Lipinski definition) is 5. The van der Waals surface area contributed by atoms with Crippen LogP contribution in [0.3, 0.4) is 0 Å². The van der Waals surface area contributed by atoms with Crippen LogP contribution >= 0.6 is 0 Å². The average molecular weight is 253 g/mol. The minimum atomic E-state index is -0.390. The lowest BCUT2D eigenvalue weighted by Crippen LogP contribution is -2.22. The van der Waals surface area contributed by atoms with Crippen molar-refractivity contribution in [1.29, 1.82) is 0 Å². The Morgan fingerprint density at radius 3 is 2.50 bits per heavy atom. The molecule has 0 aliphatic rings. The second-order valence-electron chi connectivity index (χ2n) is 5.04. The quantitative estimate of drug-likeness (QED) is 0.778. The van der Waals surface area contributed by atoms with Crippen LogP contribution in [0.2, 0.25) is 0 Å². The molecule has 18 heavy (non-hydrogen) atoms. The van der Waals surface area contributed by atoms with Crippen molar-refractivity contribution in [2.45, 2.75) is 46.3 Å². The zero-order valence-electron chi connectivity index (χ0n) is 11.6. The standard InChI is InChI=1S/C13H23N3O2/c1-9(2)7-11(17)8-16-12-13(18-10(3)4)15-6-5-14-12/h5-6,9-11,17H,7-8H2,1-4H3,(H,14,16). The molecule has 1 aromatic heterocycles. The Balaban J connectivity index is 2.55. The molecule has 0 fully saturated rings. The van der Waals surface area contributed by atoms with Crippen LogP contribution in [-0.4, -0.2) is 33.8 Å². The second kappa shape index (κ2) is 7.16. The lowest BCUT2D eigenvalue weighted by atomic mass is 10.1. The summed E-state index contributed by atoms with van der Waals surface area (Å²) in [7, 11) is 0. The molecule has 1 heterocycles. The van der Waals surface area contributed by atoms with E-state index in [1.807, 2.05) is 13.8 Å². The fourth-order valence-corrected chi connectivity index (χ4v) is 1.60. The van der Waals surface area contributed by atoms with E-state index >= 15 is 0 Å². The molecule has 0 aromatic carbocycles. The summed E-state index contributed by atoms with van der Waals surface area (Å²) in [6, 6.07) is 0. The highest BCUT2D eigenvalue weighted by Crippen LogP contribution is 2.19. The molecule has 0 bridgehead atoms. The SMILES string of the molecule is CC(C)CC(O)CNc1nccnc1OC(C)C. The monoisotopic (exact) mass is 253 g/mol. The highest BCUT2D eigenvalue weighted by atomic mass is 16.5. The Labute approximate surface area is 109 Å². The Morgan fingerprint density at radius 1 is 1.22 bits per heavy atom. The van der Waals surface area contributed by atoms with Crippen LogP contribution < -0.4 is 10.1 Å². The van der Waals surface area contributed by atoms with Crippen molar-refractivity contribution in [3.8, 4) is 5.88 Å². The lowest BCUT2D eigenvalue weighted by Gasteiger charge is -2.16. The van der Waals surface area contributed by atoms with Crippen LogP contribution in [0.5, 0.6) is 5.88 Å². The third-order valence-corrected chi connectivity index (χ3v) is 2.26. The van der Waals surface area contributed by atoms with Gasteiger partial charge in [0, 0.05) is 18.9 Å². The molecule has 0 spiro atoms. The molecule has 1 atom stereocenters. The van der Waals surface area contributed by atoms with Gasteiger partial charge < -0.3 is 15.2 Å². The maximum absolute atomic E-state index is 9.80. The first-order chi connectivity index (χ1) is 8.49. The third kappa shape index (κ3) is 5.31. The fraction of sp³-hybridized carbons (Fsp3) is 0.692. The maximum atomic E-state index is 9.80. The zero-order valence-corrected chi connectivity index (χ0v) is 11.6. The summed E-state index contributed by atoms with van der Waals surface area (Å²) in [5, 5.41) is 12.9. The van der Waals surface area contributed by atoms with E-state index in [4.69, 9.17) is 4.74 Å². The van der Waals surface area contributed by atoms with Crippen molar-refractivity contribution in [3.05, 3.63) is 12.4 Å². The van der Waals surface area contributed by atoms with Gasteiger partial charge in [-0.1, -0.05) is 13.8 Å². The van der Waals surface area contributed by atoms with Crippen molar-refractivity contribution >= 4 is 5.82 Å². The highest BCUT2D eigenvalue weighted by molar-refractivity contribution is 5.44. The number of rotatable bonds is 7. The van der Waals surface area contributed by atoms with E-state index in [9.17, 15) is 5.11 Å². The number of aliphatic hydroxyl groups is 1. The van der Waals surface area contributed by atoms with Gasteiger partial charge in [0.05, 0.1) is 12.2 Å². The molecular formula is C13H23N3O2. The van der Waals surface area contributed by atoms with Crippen molar-refractivity contribution in [3.63, 3.8) is 0 Å². The normalized spacial score (nSPS) is 12.8. The first kappa shape index (κ1) is 14.7. The fourth-order valence-electron chi connectivity index (χ4n) is 1.60. The topological polar surface area (TPSA) is 67.3 Å². The van der Waals surface area contributed by atoms with Crippen LogP contribution in [0.15, 0.2) is 12.4 Å². The molecule has 102 valence electrons. The summed E-state index contributed by atoms with van der Waals surface area (Å²) < 4.78 is 5.54. The first-order valence-electron chi connectivity index (χ1n) is 6.38. The summed E-state index contributed by atoms with van der Waals surface area (Å²) in [5.41, 5.74) is 0. The van der Waals surface area contributed by atoms with Crippen LogP contribution in [0, 0.1) is 5.92 Å². The first-order valence-corrected chi connectivity index (χ1v) is 6.38. The molecule has 0 amide bonds. The zero-order chi connectivity index (χ0) is 13.5. The summed E-state index contributed by atoms with van der Waals surface area (Å²) in [6.07, 6.45) is 3.60. The highest BCUT2D eigenvalue weighted by Gasteiger charge is 2.11. The van der Waals surface area contributed by atoms with Gasteiger partial charge in [-0.15, -0.1) is 0 Å². The minimum Gasteiger partial charge on any atom is -0.472 e. The number of hydrogen-bond donors (Lipinski definition) is 2. The van der Waals surface area contributed by atoms with Crippen LogP contribution in [-0.2, 0) is 0 Å². The number of ether oxygens (including phenoxy) is 1. The van der Waals surface area contributed by atoms with E-state index in [0.717, 1.165) is 6.42 Å². The van der Waals surface area contributed by atoms with Gasteiger partial charge in [-0.05, 0) is 26.2 Å². The molecule has 0 saturated heterocycles.